The van der Waals surface area contributed by atoms with E-state index in [9.17, 15) is 4.79 Å². The Labute approximate surface area is 160 Å². The van der Waals surface area contributed by atoms with Crippen LogP contribution in [0, 0.1) is 6.92 Å². The first-order valence-electron chi connectivity index (χ1n) is 8.68. The van der Waals surface area contributed by atoms with Crippen molar-refractivity contribution in [2.75, 3.05) is 7.11 Å². The number of ether oxygens (including phenoxy) is 2. The Hall–Kier alpha value is -3.68. The van der Waals surface area contributed by atoms with Gasteiger partial charge in [-0.15, -0.1) is 10.2 Å². The van der Waals surface area contributed by atoms with E-state index in [1.807, 2.05) is 41.7 Å². The summed E-state index contributed by atoms with van der Waals surface area (Å²) in [5.74, 6) is 0.719. The first-order chi connectivity index (χ1) is 13.5. The van der Waals surface area contributed by atoms with E-state index in [2.05, 4.69) is 15.2 Å². The molecule has 1 unspecified atom stereocenters. The van der Waals surface area contributed by atoms with Crippen LogP contribution in [0.3, 0.4) is 0 Å². The van der Waals surface area contributed by atoms with Gasteiger partial charge in [-0.1, -0.05) is 6.07 Å². The Morgan fingerprint density at radius 3 is 2.64 bits per heavy atom. The topological polar surface area (TPSA) is 91.8 Å². The van der Waals surface area contributed by atoms with Gasteiger partial charge in [-0.2, -0.15) is 0 Å². The molecule has 0 fully saturated rings. The van der Waals surface area contributed by atoms with E-state index in [4.69, 9.17) is 13.9 Å². The van der Waals surface area contributed by atoms with Crippen molar-refractivity contribution in [3.8, 4) is 17.2 Å². The van der Waals surface area contributed by atoms with E-state index < -0.39 is 12.1 Å². The Morgan fingerprint density at radius 1 is 1.14 bits per heavy atom. The highest BCUT2D eigenvalue weighted by Crippen LogP contribution is 2.24. The number of benzene rings is 1. The maximum atomic E-state index is 12.5. The molecule has 28 heavy (non-hydrogen) atoms. The fourth-order valence-electron chi connectivity index (χ4n) is 2.77. The lowest BCUT2D eigenvalue weighted by Gasteiger charge is -2.07. The van der Waals surface area contributed by atoms with Crippen molar-refractivity contribution in [2.24, 2.45) is 0 Å². The standard InChI is InChI=1S/C20H18N4O4/c1-12-5-4-6-17-21-16(11-24(12)17)20(25)27-13(2)18-22-23-19(28-18)14-7-9-15(26-3)10-8-14/h4-11,13H,1-3H3. The Balaban J connectivity index is 1.49. The molecule has 0 aliphatic heterocycles. The van der Waals surface area contributed by atoms with E-state index in [1.165, 1.54) is 0 Å². The number of pyridine rings is 1. The number of hydrogen-bond acceptors (Lipinski definition) is 7. The van der Waals surface area contributed by atoms with Crippen molar-refractivity contribution in [2.45, 2.75) is 20.0 Å². The summed E-state index contributed by atoms with van der Waals surface area (Å²) in [6.07, 6.45) is 0.939. The molecule has 8 nitrogen and oxygen atoms in total. The fourth-order valence-corrected chi connectivity index (χ4v) is 2.77. The lowest BCUT2D eigenvalue weighted by atomic mass is 10.2. The molecule has 8 heteroatoms. The lowest BCUT2D eigenvalue weighted by Crippen LogP contribution is -2.10. The van der Waals surface area contributed by atoms with Crippen LogP contribution in [-0.4, -0.2) is 32.7 Å². The number of aromatic nitrogens is 4. The Bertz CT molecular complexity index is 1130. The summed E-state index contributed by atoms with van der Waals surface area (Å²) in [6, 6.07) is 12.9. The molecule has 4 aromatic rings. The molecule has 0 radical (unpaired) electrons. The number of nitrogens with zero attached hydrogens (tertiary/aromatic N) is 4. The fraction of sp³-hybridized carbons (Fsp3) is 0.200. The predicted molar refractivity (Wildman–Crippen MR) is 100 cm³/mol. The van der Waals surface area contributed by atoms with Crippen LogP contribution in [0.1, 0.15) is 35.1 Å². The molecule has 0 N–H and O–H groups in total. The summed E-state index contributed by atoms with van der Waals surface area (Å²) in [4.78, 5) is 16.8. The van der Waals surface area contributed by atoms with Gasteiger partial charge in [0.15, 0.2) is 11.8 Å². The van der Waals surface area contributed by atoms with Crippen molar-refractivity contribution in [1.82, 2.24) is 19.6 Å². The highest BCUT2D eigenvalue weighted by molar-refractivity contribution is 5.88. The van der Waals surface area contributed by atoms with Crippen LogP contribution in [0.5, 0.6) is 5.75 Å². The van der Waals surface area contributed by atoms with Gasteiger partial charge in [-0.05, 0) is 50.2 Å². The van der Waals surface area contributed by atoms with E-state index in [0.29, 0.717) is 11.5 Å². The molecule has 3 heterocycles. The van der Waals surface area contributed by atoms with Gasteiger partial charge in [0, 0.05) is 17.5 Å². The average Bonchev–Trinajstić information content (AvgIpc) is 3.36. The zero-order chi connectivity index (χ0) is 19.7. The number of esters is 1. The van der Waals surface area contributed by atoms with Crippen LogP contribution in [-0.2, 0) is 4.74 Å². The largest absolute Gasteiger partial charge is 0.497 e. The molecular formula is C20H18N4O4. The normalized spacial score (nSPS) is 12.1. The number of methoxy groups -OCH3 is 1. The van der Waals surface area contributed by atoms with Gasteiger partial charge in [0.2, 0.25) is 5.89 Å². The minimum Gasteiger partial charge on any atom is -0.497 e. The summed E-state index contributed by atoms with van der Waals surface area (Å²) < 4.78 is 18.1. The smallest absolute Gasteiger partial charge is 0.359 e. The van der Waals surface area contributed by atoms with Gasteiger partial charge in [0.25, 0.3) is 5.89 Å². The molecule has 0 saturated carbocycles. The second-order valence-corrected chi connectivity index (χ2v) is 6.24. The summed E-state index contributed by atoms with van der Waals surface area (Å²) in [7, 11) is 1.60. The van der Waals surface area contributed by atoms with Crippen LogP contribution in [0.4, 0.5) is 0 Å². The molecule has 1 aromatic carbocycles. The zero-order valence-corrected chi connectivity index (χ0v) is 15.6. The molecule has 0 bridgehead atoms. The molecular weight excluding hydrogens is 360 g/mol. The molecule has 142 valence electrons. The number of aryl methyl sites for hydroxylation is 1. The summed E-state index contributed by atoms with van der Waals surface area (Å²) in [6.45, 7) is 3.61. The van der Waals surface area contributed by atoms with Crippen molar-refractivity contribution in [3.63, 3.8) is 0 Å². The van der Waals surface area contributed by atoms with E-state index in [-0.39, 0.29) is 11.6 Å². The van der Waals surface area contributed by atoms with E-state index in [1.54, 1.807) is 32.4 Å². The maximum absolute atomic E-state index is 12.5. The number of carbonyl (C=O) groups excluding carboxylic acids is 1. The second kappa shape index (κ2) is 7.15. The lowest BCUT2D eigenvalue weighted by molar-refractivity contribution is 0.0273. The van der Waals surface area contributed by atoms with Crippen molar-refractivity contribution in [3.05, 3.63) is 65.9 Å². The third-order valence-corrected chi connectivity index (χ3v) is 4.31. The monoisotopic (exact) mass is 378 g/mol. The molecule has 0 amide bonds. The average molecular weight is 378 g/mol. The first kappa shape index (κ1) is 17.7. The van der Waals surface area contributed by atoms with Crippen molar-refractivity contribution in [1.29, 1.82) is 0 Å². The Morgan fingerprint density at radius 2 is 1.93 bits per heavy atom. The molecule has 0 aliphatic rings. The summed E-state index contributed by atoms with van der Waals surface area (Å²) >= 11 is 0. The van der Waals surface area contributed by atoms with Gasteiger partial charge in [0.05, 0.1) is 7.11 Å². The minimum atomic E-state index is -0.710. The van der Waals surface area contributed by atoms with Gasteiger partial charge < -0.3 is 18.3 Å². The minimum absolute atomic E-state index is 0.208. The molecule has 4 rings (SSSR count). The molecule has 3 aromatic heterocycles. The van der Waals surface area contributed by atoms with Gasteiger partial charge in [-0.25, -0.2) is 9.78 Å². The van der Waals surface area contributed by atoms with Crippen LogP contribution in [0.25, 0.3) is 17.1 Å². The number of rotatable bonds is 5. The Kier molecular flexibility index (Phi) is 4.52. The van der Waals surface area contributed by atoms with Gasteiger partial charge in [0.1, 0.15) is 11.4 Å². The summed E-state index contributed by atoms with van der Waals surface area (Å²) in [5, 5.41) is 8.01. The maximum Gasteiger partial charge on any atom is 0.359 e. The van der Waals surface area contributed by atoms with Crippen LogP contribution in [0.15, 0.2) is 53.1 Å². The highest BCUT2D eigenvalue weighted by atomic mass is 16.6. The highest BCUT2D eigenvalue weighted by Gasteiger charge is 2.22. The molecule has 0 saturated heterocycles. The molecule has 1 atom stereocenters. The van der Waals surface area contributed by atoms with Gasteiger partial charge >= 0.3 is 5.97 Å². The second-order valence-electron chi connectivity index (χ2n) is 6.24. The number of carbonyl (C=O) groups is 1. The van der Waals surface area contributed by atoms with E-state index >= 15 is 0 Å². The van der Waals surface area contributed by atoms with Crippen molar-refractivity contribution < 1.29 is 18.7 Å². The zero-order valence-electron chi connectivity index (χ0n) is 15.6. The van der Waals surface area contributed by atoms with Gasteiger partial charge in [-0.3, -0.25) is 0 Å². The number of hydrogen-bond donors (Lipinski definition) is 0. The van der Waals surface area contributed by atoms with Crippen LogP contribution < -0.4 is 4.74 Å². The summed E-state index contributed by atoms with van der Waals surface area (Å²) in [5.41, 5.74) is 2.61. The number of imidazole rings is 1. The van der Waals surface area contributed by atoms with Crippen LogP contribution in [0.2, 0.25) is 0 Å². The first-order valence-corrected chi connectivity index (χ1v) is 8.68. The van der Waals surface area contributed by atoms with Crippen molar-refractivity contribution >= 4 is 11.6 Å². The van der Waals surface area contributed by atoms with Crippen LogP contribution >= 0.6 is 0 Å². The van der Waals surface area contributed by atoms with E-state index in [0.717, 1.165) is 17.0 Å². The molecule has 0 spiro atoms. The third kappa shape index (κ3) is 3.32. The quantitative estimate of drug-likeness (QED) is 0.490. The SMILES string of the molecule is COc1ccc(-c2nnc(C(C)OC(=O)c3cn4c(C)cccc4n3)o2)cc1. The number of fused-ring (bicyclic) bond motifs is 1. The predicted octanol–water partition coefficient (Wildman–Crippen LogP) is 3.62. The third-order valence-electron chi connectivity index (χ3n) is 4.31. The molecule has 0 aliphatic carbocycles.